The summed E-state index contributed by atoms with van der Waals surface area (Å²) >= 11 is 0. The summed E-state index contributed by atoms with van der Waals surface area (Å²) in [7, 11) is 0. The number of ether oxygens (including phenoxy) is 3. The first-order chi connectivity index (χ1) is 16.1. The minimum atomic E-state index is -0.581. The van der Waals surface area contributed by atoms with Crippen molar-refractivity contribution in [2.75, 3.05) is 31.4 Å². The summed E-state index contributed by atoms with van der Waals surface area (Å²) in [5.41, 5.74) is 3.84. The van der Waals surface area contributed by atoms with E-state index in [1.807, 2.05) is 24.3 Å². The van der Waals surface area contributed by atoms with Crippen LogP contribution in [0.2, 0.25) is 0 Å². The standard InChI is InChI=1S/C27H25F2NO3/c1-2-3-4-10-30-14-27(15-31-23-13-25-24(12-20(23)27)32-16-33-25)26-19(6-5-7-22(26)30)18-9-8-17(28)11-21(18)29/h5-9,11-13H,2-4,10,14-16H2,1H3. The Morgan fingerprint density at radius 1 is 0.909 bits per heavy atom. The van der Waals surface area contributed by atoms with Crippen LogP contribution in [0.1, 0.15) is 37.3 Å². The maximum Gasteiger partial charge on any atom is 0.231 e. The molecule has 170 valence electrons. The van der Waals surface area contributed by atoms with Gasteiger partial charge in [-0.25, -0.2) is 8.78 Å². The number of unbranched alkanes of at least 4 members (excludes halogenated alkanes) is 2. The highest BCUT2D eigenvalue weighted by Gasteiger charge is 2.51. The maximum atomic E-state index is 15.0. The molecule has 3 aromatic carbocycles. The number of hydrogen-bond acceptors (Lipinski definition) is 4. The van der Waals surface area contributed by atoms with Crippen LogP contribution in [0, 0.1) is 11.6 Å². The molecule has 6 rings (SSSR count). The molecular weight excluding hydrogens is 424 g/mol. The van der Waals surface area contributed by atoms with Gasteiger partial charge < -0.3 is 19.1 Å². The molecule has 3 aliphatic heterocycles. The van der Waals surface area contributed by atoms with E-state index in [0.29, 0.717) is 23.7 Å². The van der Waals surface area contributed by atoms with Crippen molar-refractivity contribution in [3.63, 3.8) is 0 Å². The third kappa shape index (κ3) is 3.07. The lowest BCUT2D eigenvalue weighted by Gasteiger charge is -2.26. The van der Waals surface area contributed by atoms with E-state index in [1.54, 1.807) is 0 Å². The molecule has 3 aromatic rings. The van der Waals surface area contributed by atoms with Gasteiger partial charge in [-0.15, -0.1) is 0 Å². The van der Waals surface area contributed by atoms with Crippen molar-refractivity contribution in [2.45, 2.75) is 31.6 Å². The number of fused-ring (bicyclic) bond motifs is 5. The Morgan fingerprint density at radius 2 is 1.76 bits per heavy atom. The zero-order chi connectivity index (χ0) is 22.6. The van der Waals surface area contributed by atoms with E-state index < -0.39 is 17.0 Å². The summed E-state index contributed by atoms with van der Waals surface area (Å²) in [6, 6.07) is 13.7. The number of nitrogens with zero attached hydrogens (tertiary/aromatic N) is 1. The second-order valence-electron chi connectivity index (χ2n) is 9.02. The van der Waals surface area contributed by atoms with Crippen molar-refractivity contribution in [2.24, 2.45) is 0 Å². The van der Waals surface area contributed by atoms with Gasteiger partial charge in [-0.05, 0) is 41.8 Å². The molecule has 3 heterocycles. The largest absolute Gasteiger partial charge is 0.492 e. The molecule has 0 saturated heterocycles. The van der Waals surface area contributed by atoms with Crippen LogP contribution >= 0.6 is 0 Å². The first-order valence-electron chi connectivity index (χ1n) is 11.5. The molecule has 0 aromatic heterocycles. The van der Waals surface area contributed by atoms with Crippen molar-refractivity contribution in [1.82, 2.24) is 0 Å². The van der Waals surface area contributed by atoms with Gasteiger partial charge in [0.25, 0.3) is 0 Å². The quantitative estimate of drug-likeness (QED) is 0.444. The Balaban J connectivity index is 1.55. The first kappa shape index (κ1) is 20.3. The number of benzene rings is 3. The Hall–Kier alpha value is -3.28. The van der Waals surface area contributed by atoms with E-state index in [0.717, 1.165) is 66.5 Å². The van der Waals surface area contributed by atoms with Crippen LogP contribution in [0.15, 0.2) is 48.5 Å². The van der Waals surface area contributed by atoms with Gasteiger partial charge in [0.1, 0.15) is 24.0 Å². The van der Waals surface area contributed by atoms with E-state index >= 15 is 0 Å². The van der Waals surface area contributed by atoms with Crippen LogP contribution in [0.5, 0.6) is 17.2 Å². The minimum absolute atomic E-state index is 0.191. The Morgan fingerprint density at radius 3 is 2.58 bits per heavy atom. The summed E-state index contributed by atoms with van der Waals surface area (Å²) in [6.45, 7) is 4.48. The summed E-state index contributed by atoms with van der Waals surface area (Å²) in [5.74, 6) is 1.02. The third-order valence-corrected chi connectivity index (χ3v) is 7.04. The molecule has 0 radical (unpaired) electrons. The molecule has 0 N–H and O–H groups in total. The minimum Gasteiger partial charge on any atom is -0.492 e. The predicted molar refractivity (Wildman–Crippen MR) is 122 cm³/mol. The van der Waals surface area contributed by atoms with Crippen LogP contribution in [-0.2, 0) is 5.41 Å². The van der Waals surface area contributed by atoms with Crippen molar-refractivity contribution in [3.05, 3.63) is 71.3 Å². The monoisotopic (exact) mass is 449 g/mol. The van der Waals surface area contributed by atoms with Crippen LogP contribution in [0.25, 0.3) is 11.1 Å². The van der Waals surface area contributed by atoms with Crippen molar-refractivity contribution >= 4 is 5.69 Å². The van der Waals surface area contributed by atoms with Gasteiger partial charge in [-0.3, -0.25) is 0 Å². The summed E-state index contributed by atoms with van der Waals surface area (Å²) in [5, 5.41) is 0. The predicted octanol–water partition coefficient (Wildman–Crippen LogP) is 6.05. The summed E-state index contributed by atoms with van der Waals surface area (Å²) in [4.78, 5) is 2.39. The Bertz CT molecular complexity index is 1240. The molecule has 1 atom stereocenters. The third-order valence-electron chi connectivity index (χ3n) is 7.04. The SMILES string of the molecule is CCCCCN1CC2(COc3cc4c(cc32)OCO4)c2c(-c3ccc(F)cc3F)cccc21. The fourth-order valence-electron chi connectivity index (χ4n) is 5.51. The van der Waals surface area contributed by atoms with Crippen LogP contribution in [0.4, 0.5) is 14.5 Å². The average molecular weight is 449 g/mol. The van der Waals surface area contributed by atoms with Crippen LogP contribution in [0.3, 0.4) is 0 Å². The fraction of sp³-hybridized carbons (Fsp3) is 0.333. The van der Waals surface area contributed by atoms with Gasteiger partial charge in [0.05, 0.1) is 5.41 Å². The molecule has 4 nitrogen and oxygen atoms in total. The summed E-state index contributed by atoms with van der Waals surface area (Å²) in [6.07, 6.45) is 3.37. The van der Waals surface area contributed by atoms with E-state index in [4.69, 9.17) is 14.2 Å². The van der Waals surface area contributed by atoms with Crippen molar-refractivity contribution < 1.29 is 23.0 Å². The van der Waals surface area contributed by atoms with Crippen LogP contribution < -0.4 is 19.1 Å². The zero-order valence-electron chi connectivity index (χ0n) is 18.5. The van der Waals surface area contributed by atoms with Gasteiger partial charge >= 0.3 is 0 Å². The first-order valence-corrected chi connectivity index (χ1v) is 11.5. The topological polar surface area (TPSA) is 30.9 Å². The second kappa shape index (κ2) is 7.65. The highest BCUT2D eigenvalue weighted by molar-refractivity contribution is 5.82. The normalized spacial score (nSPS) is 19.7. The number of hydrogen-bond donors (Lipinski definition) is 0. The smallest absolute Gasteiger partial charge is 0.231 e. The van der Waals surface area contributed by atoms with Crippen molar-refractivity contribution in [3.8, 4) is 28.4 Å². The highest BCUT2D eigenvalue weighted by Crippen LogP contribution is 2.56. The molecule has 0 bridgehead atoms. The molecule has 0 aliphatic carbocycles. The van der Waals surface area contributed by atoms with E-state index in [-0.39, 0.29) is 6.79 Å². The molecule has 1 unspecified atom stereocenters. The maximum absolute atomic E-state index is 15.0. The second-order valence-corrected chi connectivity index (χ2v) is 9.02. The lowest BCUT2D eigenvalue weighted by atomic mass is 9.74. The molecule has 0 saturated carbocycles. The van der Waals surface area contributed by atoms with Gasteiger partial charge in [-0.1, -0.05) is 31.9 Å². The van der Waals surface area contributed by atoms with Crippen molar-refractivity contribution in [1.29, 1.82) is 0 Å². The van der Waals surface area contributed by atoms with Crippen LogP contribution in [-0.4, -0.2) is 26.5 Å². The van der Waals surface area contributed by atoms with Gasteiger partial charge in [0.15, 0.2) is 11.5 Å². The molecule has 6 heteroatoms. The molecular formula is C27H25F2NO3. The fourth-order valence-corrected chi connectivity index (χ4v) is 5.51. The van der Waals surface area contributed by atoms with E-state index in [1.165, 1.54) is 12.1 Å². The number of halogens is 2. The number of rotatable bonds is 5. The molecule has 0 amide bonds. The Labute approximate surface area is 191 Å². The van der Waals surface area contributed by atoms with Gasteiger partial charge in [0, 0.05) is 42.0 Å². The molecule has 1 spiro atoms. The lowest BCUT2D eigenvalue weighted by molar-refractivity contribution is 0.173. The lowest BCUT2D eigenvalue weighted by Crippen LogP contribution is -2.36. The van der Waals surface area contributed by atoms with Gasteiger partial charge in [-0.2, -0.15) is 0 Å². The molecule has 33 heavy (non-hydrogen) atoms. The van der Waals surface area contributed by atoms with Gasteiger partial charge in [0.2, 0.25) is 6.79 Å². The highest BCUT2D eigenvalue weighted by atomic mass is 19.1. The Kier molecular flexibility index (Phi) is 4.71. The average Bonchev–Trinajstić information content (AvgIpc) is 3.50. The van der Waals surface area contributed by atoms with E-state index in [2.05, 4.69) is 17.9 Å². The summed E-state index contributed by atoms with van der Waals surface area (Å²) < 4.78 is 46.1. The van der Waals surface area contributed by atoms with E-state index in [9.17, 15) is 8.78 Å². The zero-order valence-corrected chi connectivity index (χ0v) is 18.5. The molecule has 3 aliphatic rings. The molecule has 0 fully saturated rings. The number of anilines is 1.